The number of alkyl halides is 6. The molecule has 2 fully saturated rings. The number of hydrogen-bond acceptors (Lipinski definition) is 5. The molecule has 1 aliphatic heterocycles. The van der Waals surface area contributed by atoms with Crippen LogP contribution in [0.1, 0.15) is 36.7 Å². The molecule has 5 rings (SSSR count). The lowest BCUT2D eigenvalue weighted by molar-refractivity contribution is -0.142. The third-order valence-corrected chi connectivity index (χ3v) is 7.05. The quantitative estimate of drug-likeness (QED) is 0.407. The Labute approximate surface area is 216 Å². The van der Waals surface area contributed by atoms with Crippen LogP contribution in [-0.2, 0) is 17.8 Å². The molecule has 0 bridgehead atoms. The first-order valence-corrected chi connectivity index (χ1v) is 11.9. The topological polar surface area (TPSA) is 94.8 Å². The molecule has 0 spiro atoms. The number of hydrogen-bond donors (Lipinski definition) is 3. The van der Waals surface area contributed by atoms with E-state index < -0.39 is 52.3 Å². The summed E-state index contributed by atoms with van der Waals surface area (Å²) >= 11 is 0. The van der Waals surface area contributed by atoms with Crippen LogP contribution < -0.4 is 10.6 Å². The number of aliphatic hydroxyl groups is 1. The van der Waals surface area contributed by atoms with E-state index in [-0.39, 0.29) is 31.5 Å². The first-order valence-electron chi connectivity index (χ1n) is 11.9. The van der Waals surface area contributed by atoms with Gasteiger partial charge in [0.05, 0.1) is 5.60 Å². The zero-order chi connectivity index (χ0) is 28.4. The summed E-state index contributed by atoms with van der Waals surface area (Å²) in [6.45, 7) is 1.72. The van der Waals surface area contributed by atoms with Crippen LogP contribution in [-0.4, -0.2) is 61.9 Å². The van der Waals surface area contributed by atoms with Crippen LogP contribution in [0.4, 0.5) is 41.3 Å². The fourth-order valence-corrected chi connectivity index (χ4v) is 5.04. The molecule has 2 aromatic heterocycles. The van der Waals surface area contributed by atoms with Gasteiger partial charge in [-0.15, -0.1) is 0 Å². The van der Waals surface area contributed by atoms with Gasteiger partial charge >= 0.3 is 18.4 Å². The fraction of sp³-hybridized carbons (Fsp3) is 0.458. The number of amides is 2. The summed E-state index contributed by atoms with van der Waals surface area (Å²) in [5, 5.41) is 18.8. The second kappa shape index (κ2) is 8.96. The molecular weight excluding hydrogens is 537 g/mol. The van der Waals surface area contributed by atoms with Crippen molar-refractivity contribution in [2.75, 3.05) is 25.0 Å². The summed E-state index contributed by atoms with van der Waals surface area (Å²) in [5.41, 5.74) is -4.64. The summed E-state index contributed by atoms with van der Waals surface area (Å²) in [4.78, 5) is 17.5. The van der Waals surface area contributed by atoms with Crippen LogP contribution in [0.15, 0.2) is 36.4 Å². The van der Waals surface area contributed by atoms with Crippen molar-refractivity contribution in [2.24, 2.45) is 0 Å². The third kappa shape index (κ3) is 5.31. The van der Waals surface area contributed by atoms with Gasteiger partial charge in [0.15, 0.2) is 17.0 Å². The summed E-state index contributed by atoms with van der Waals surface area (Å²) in [7, 11) is 0. The zero-order valence-electron chi connectivity index (χ0n) is 20.4. The largest absolute Gasteiger partial charge is 0.435 e. The summed E-state index contributed by atoms with van der Waals surface area (Å²) in [6, 6.07) is 5.73. The summed E-state index contributed by atoms with van der Waals surface area (Å²) in [5.74, 6) is -0.904. The predicted octanol–water partition coefficient (Wildman–Crippen LogP) is 4.19. The number of urea groups is 1. The van der Waals surface area contributed by atoms with Gasteiger partial charge in [-0.25, -0.2) is 14.2 Å². The monoisotopic (exact) mass is 560 g/mol. The number of aromatic nitrogens is 3. The van der Waals surface area contributed by atoms with Crippen LogP contribution in [0, 0.1) is 5.82 Å². The van der Waals surface area contributed by atoms with E-state index in [1.54, 1.807) is 6.92 Å². The van der Waals surface area contributed by atoms with Gasteiger partial charge in [-0.3, -0.25) is 0 Å². The van der Waals surface area contributed by atoms with Crippen molar-refractivity contribution in [3.8, 4) is 0 Å². The van der Waals surface area contributed by atoms with Crippen molar-refractivity contribution in [2.45, 2.75) is 49.2 Å². The van der Waals surface area contributed by atoms with Gasteiger partial charge in [0.2, 0.25) is 0 Å². The normalized spacial score (nSPS) is 22.8. The molecule has 0 unspecified atom stereocenters. The Bertz CT molecular complexity index is 1390. The van der Waals surface area contributed by atoms with Crippen molar-refractivity contribution in [3.63, 3.8) is 0 Å². The summed E-state index contributed by atoms with van der Waals surface area (Å²) in [6.07, 6.45) is -9.07. The Hall–Kier alpha value is -3.62. The van der Waals surface area contributed by atoms with E-state index in [4.69, 9.17) is 0 Å². The number of likely N-dealkylation sites (tertiary alicyclic amines) is 1. The number of carbonyl (C=O) groups is 1. The molecule has 1 aliphatic carbocycles. The number of fused-ring (bicyclic) bond motifs is 1. The molecular formula is C24H23F7N6O2. The SMILES string of the molecule is CC1(O)CC(NC(=O)N2CC(CNc3cc(C(F)(F)F)nc4cc(C(F)(F)F)nn34)(c3ccc(F)cc3)C2)C1. The molecule has 3 N–H and O–H groups in total. The van der Waals surface area contributed by atoms with Crippen molar-refractivity contribution in [1.82, 2.24) is 24.8 Å². The second-order valence-corrected chi connectivity index (χ2v) is 10.4. The smallest absolute Gasteiger partial charge is 0.390 e. The Morgan fingerprint density at radius 2 is 1.67 bits per heavy atom. The lowest BCUT2D eigenvalue weighted by atomic mass is 9.73. The van der Waals surface area contributed by atoms with Crippen LogP contribution in [0.3, 0.4) is 0 Å². The number of benzene rings is 1. The highest BCUT2D eigenvalue weighted by atomic mass is 19.4. The minimum atomic E-state index is -4.94. The molecule has 1 saturated heterocycles. The van der Waals surface area contributed by atoms with Crippen molar-refractivity contribution >= 4 is 17.5 Å². The van der Waals surface area contributed by atoms with Crippen molar-refractivity contribution in [3.05, 3.63) is 59.2 Å². The predicted molar refractivity (Wildman–Crippen MR) is 123 cm³/mol. The molecule has 3 aromatic rings. The summed E-state index contributed by atoms with van der Waals surface area (Å²) < 4.78 is 94.4. The molecule has 8 nitrogen and oxygen atoms in total. The minimum Gasteiger partial charge on any atom is -0.390 e. The lowest BCUT2D eigenvalue weighted by Gasteiger charge is -2.51. The lowest BCUT2D eigenvalue weighted by Crippen LogP contribution is -2.67. The first-order chi connectivity index (χ1) is 18.0. The van der Waals surface area contributed by atoms with Gasteiger partial charge in [-0.2, -0.15) is 36.0 Å². The minimum absolute atomic E-state index is 0.0911. The van der Waals surface area contributed by atoms with E-state index in [0.717, 1.165) is 0 Å². The van der Waals surface area contributed by atoms with Gasteiger partial charge in [0.25, 0.3) is 0 Å². The maximum atomic E-state index is 13.6. The number of nitrogens with one attached hydrogen (secondary N) is 2. The van der Waals surface area contributed by atoms with Crippen LogP contribution >= 0.6 is 0 Å². The van der Waals surface area contributed by atoms with E-state index in [0.29, 0.717) is 35.1 Å². The highest BCUT2D eigenvalue weighted by Crippen LogP contribution is 2.38. The molecule has 1 aromatic carbocycles. The van der Waals surface area contributed by atoms with E-state index in [9.17, 15) is 40.6 Å². The molecule has 39 heavy (non-hydrogen) atoms. The highest BCUT2D eigenvalue weighted by Gasteiger charge is 2.48. The van der Waals surface area contributed by atoms with Gasteiger partial charge in [0.1, 0.15) is 11.6 Å². The molecule has 3 heterocycles. The first kappa shape index (κ1) is 27.0. The molecule has 2 aliphatic rings. The Morgan fingerprint density at radius 3 is 2.23 bits per heavy atom. The standard InChI is InChI=1S/C24H23F7N6O2/c1-21(39)8-15(9-21)33-20(38)36-11-22(12-36,13-2-4-14(25)5-3-13)10-32-18-6-16(23(26,27)28)34-19-7-17(24(29,30)31)35-37(18)19/h2-7,15,32,39H,8-12H2,1H3,(H,33,38). The second-order valence-electron chi connectivity index (χ2n) is 10.4. The van der Waals surface area contributed by atoms with Crippen LogP contribution in [0.2, 0.25) is 0 Å². The average Bonchev–Trinajstić information content (AvgIpc) is 3.22. The van der Waals surface area contributed by atoms with Gasteiger partial charge < -0.3 is 20.6 Å². The molecule has 210 valence electrons. The van der Waals surface area contributed by atoms with E-state index in [1.807, 2.05) is 0 Å². The number of rotatable bonds is 5. The number of halogens is 7. The van der Waals surface area contributed by atoms with Crippen molar-refractivity contribution < 1.29 is 40.6 Å². The third-order valence-electron chi connectivity index (χ3n) is 7.05. The molecule has 0 atom stereocenters. The molecule has 15 heteroatoms. The van der Waals surface area contributed by atoms with Crippen LogP contribution in [0.25, 0.3) is 5.65 Å². The fourth-order valence-electron chi connectivity index (χ4n) is 5.04. The number of anilines is 1. The zero-order valence-corrected chi connectivity index (χ0v) is 20.4. The van der Waals surface area contributed by atoms with Gasteiger partial charge in [-0.05, 0) is 37.5 Å². The van der Waals surface area contributed by atoms with Gasteiger partial charge in [-0.1, -0.05) is 12.1 Å². The Balaban J connectivity index is 1.41. The molecule has 1 saturated carbocycles. The maximum absolute atomic E-state index is 13.6. The van der Waals surface area contributed by atoms with Crippen LogP contribution in [0.5, 0.6) is 0 Å². The van der Waals surface area contributed by atoms with E-state index in [1.165, 1.54) is 29.2 Å². The maximum Gasteiger partial charge on any atom is 0.435 e. The Morgan fingerprint density at radius 1 is 1.05 bits per heavy atom. The van der Waals surface area contributed by atoms with E-state index in [2.05, 4.69) is 20.7 Å². The highest BCUT2D eigenvalue weighted by molar-refractivity contribution is 5.76. The number of carbonyl (C=O) groups excluding carboxylic acids is 1. The average molecular weight is 560 g/mol. The van der Waals surface area contributed by atoms with E-state index >= 15 is 0 Å². The molecule has 2 amide bonds. The molecule has 0 radical (unpaired) electrons. The van der Waals surface area contributed by atoms with Crippen molar-refractivity contribution in [1.29, 1.82) is 0 Å². The number of nitrogens with zero attached hydrogens (tertiary/aromatic N) is 4. The van der Waals surface area contributed by atoms with Gasteiger partial charge in [0, 0.05) is 43.2 Å². The Kier molecular flexibility index (Phi) is 6.20.